The van der Waals surface area contributed by atoms with E-state index in [1.54, 1.807) is 0 Å². The van der Waals surface area contributed by atoms with Crippen molar-refractivity contribution in [1.82, 2.24) is 10.3 Å². The molecule has 0 saturated heterocycles. The minimum absolute atomic E-state index is 0.918. The second-order valence-corrected chi connectivity index (χ2v) is 2.22. The lowest BCUT2D eigenvalue weighted by Gasteiger charge is -2.07. The Balaban J connectivity index is 2.82. The molecule has 0 fully saturated rings. The summed E-state index contributed by atoms with van der Waals surface area (Å²) in [5, 5.41) is 3.51. The molecular weight excluding hydrogens is 114 g/mol. The number of hydrogen-bond donors (Lipinski definition) is 1. The number of hydrazone groups is 1. The van der Waals surface area contributed by atoms with E-state index in [-0.39, 0.29) is 0 Å². The summed E-state index contributed by atoms with van der Waals surface area (Å²) in [4.78, 5) is 2.14. The third kappa shape index (κ3) is 7.43. The number of nitrogens with one attached hydrogen (secondary N) is 1. The van der Waals surface area contributed by atoms with Gasteiger partial charge < -0.3 is 10.3 Å². The molecule has 54 valence electrons. The molecule has 3 heteroatoms. The van der Waals surface area contributed by atoms with E-state index in [1.165, 1.54) is 0 Å². The third-order valence-electron chi connectivity index (χ3n) is 1.01. The molecular formula is C6H15N3. The van der Waals surface area contributed by atoms with Gasteiger partial charge in [-0.05, 0) is 27.1 Å². The first-order valence-corrected chi connectivity index (χ1v) is 3.10. The quantitative estimate of drug-likeness (QED) is 0.325. The fourth-order valence-corrected chi connectivity index (χ4v) is 0.553. The zero-order valence-electron chi connectivity index (χ0n) is 6.22. The minimum atomic E-state index is 0.918. The predicted octanol–water partition coefficient (Wildman–Crippen LogP) is 0.143. The Bertz CT molecular complexity index is 70.7. The second-order valence-electron chi connectivity index (χ2n) is 2.22. The second kappa shape index (κ2) is 5.56. The van der Waals surface area contributed by atoms with Gasteiger partial charge in [-0.2, -0.15) is 5.10 Å². The van der Waals surface area contributed by atoms with Gasteiger partial charge in [0.25, 0.3) is 0 Å². The molecule has 0 spiro atoms. The highest BCUT2D eigenvalue weighted by atomic mass is 15.3. The molecule has 0 unspecified atom stereocenters. The van der Waals surface area contributed by atoms with E-state index in [0.717, 1.165) is 19.5 Å². The summed E-state index contributed by atoms with van der Waals surface area (Å²) >= 11 is 0. The van der Waals surface area contributed by atoms with E-state index >= 15 is 0 Å². The molecule has 0 aromatic heterocycles. The van der Waals surface area contributed by atoms with Gasteiger partial charge in [0.15, 0.2) is 0 Å². The highest BCUT2D eigenvalue weighted by Gasteiger charge is 1.86. The fourth-order valence-electron chi connectivity index (χ4n) is 0.553. The van der Waals surface area contributed by atoms with Crippen LogP contribution in [0, 0.1) is 0 Å². The van der Waals surface area contributed by atoms with Gasteiger partial charge in [0.05, 0.1) is 0 Å². The van der Waals surface area contributed by atoms with E-state index in [1.807, 2.05) is 0 Å². The van der Waals surface area contributed by atoms with Crippen LogP contribution in [0.1, 0.15) is 6.42 Å². The summed E-state index contributed by atoms with van der Waals surface area (Å²) < 4.78 is 0. The van der Waals surface area contributed by atoms with Gasteiger partial charge in [-0.25, -0.2) is 0 Å². The van der Waals surface area contributed by atoms with Crippen LogP contribution in [0.3, 0.4) is 0 Å². The van der Waals surface area contributed by atoms with Crippen molar-refractivity contribution in [2.45, 2.75) is 6.42 Å². The van der Waals surface area contributed by atoms with Crippen LogP contribution in [0.15, 0.2) is 5.10 Å². The Morgan fingerprint density at radius 3 is 2.67 bits per heavy atom. The van der Waals surface area contributed by atoms with Gasteiger partial charge in [-0.15, -0.1) is 0 Å². The van der Waals surface area contributed by atoms with Crippen LogP contribution in [0.4, 0.5) is 0 Å². The molecule has 3 nitrogen and oxygen atoms in total. The van der Waals surface area contributed by atoms with Crippen molar-refractivity contribution in [1.29, 1.82) is 0 Å². The zero-order valence-corrected chi connectivity index (χ0v) is 6.22. The maximum absolute atomic E-state index is 3.51. The molecule has 0 rings (SSSR count). The van der Waals surface area contributed by atoms with Crippen LogP contribution >= 0.6 is 0 Å². The molecule has 0 amide bonds. The lowest BCUT2D eigenvalue weighted by Crippen LogP contribution is -2.17. The smallest absolute Gasteiger partial charge is 0.0341 e. The van der Waals surface area contributed by atoms with E-state index in [9.17, 15) is 0 Å². The average molecular weight is 129 g/mol. The average Bonchev–Trinajstić information content (AvgIpc) is 1.80. The highest BCUT2D eigenvalue weighted by Crippen LogP contribution is 1.79. The normalized spacial score (nSPS) is 9.67. The Morgan fingerprint density at radius 1 is 1.56 bits per heavy atom. The van der Waals surface area contributed by atoms with Crippen LogP contribution in [0.2, 0.25) is 0 Å². The Morgan fingerprint density at radius 2 is 2.22 bits per heavy atom. The molecule has 0 saturated carbocycles. The number of rotatable bonds is 5. The van der Waals surface area contributed by atoms with Gasteiger partial charge in [-0.3, -0.25) is 0 Å². The molecule has 0 aromatic rings. The van der Waals surface area contributed by atoms with Crippen molar-refractivity contribution >= 4 is 6.72 Å². The zero-order chi connectivity index (χ0) is 7.11. The molecule has 0 atom stereocenters. The number of hydrogen-bond acceptors (Lipinski definition) is 3. The van der Waals surface area contributed by atoms with Crippen molar-refractivity contribution in [2.24, 2.45) is 5.10 Å². The molecule has 0 aliphatic heterocycles. The summed E-state index contributed by atoms with van der Waals surface area (Å²) in [5.74, 6) is 0. The standard InChI is InChI=1S/C6H15N3/c1-7-8-5-4-6-9(2)3/h8H,1,4-6H2,2-3H3. The van der Waals surface area contributed by atoms with Crippen molar-refractivity contribution in [3.63, 3.8) is 0 Å². The molecule has 0 radical (unpaired) electrons. The van der Waals surface area contributed by atoms with Crippen molar-refractivity contribution in [2.75, 3.05) is 27.2 Å². The third-order valence-corrected chi connectivity index (χ3v) is 1.01. The molecule has 9 heavy (non-hydrogen) atoms. The lowest BCUT2D eigenvalue weighted by molar-refractivity contribution is 0.396. The SMILES string of the molecule is C=NNCCCN(C)C. The van der Waals surface area contributed by atoms with Gasteiger partial charge in [0, 0.05) is 13.3 Å². The summed E-state index contributed by atoms with van der Waals surface area (Å²) in [6.07, 6.45) is 1.12. The van der Waals surface area contributed by atoms with E-state index in [0.29, 0.717) is 0 Å². The summed E-state index contributed by atoms with van der Waals surface area (Å²) in [6.45, 7) is 5.32. The Kier molecular flexibility index (Phi) is 5.21. The first kappa shape index (κ1) is 8.43. The molecule has 0 aromatic carbocycles. The van der Waals surface area contributed by atoms with Gasteiger partial charge in [0.1, 0.15) is 0 Å². The van der Waals surface area contributed by atoms with E-state index in [4.69, 9.17) is 0 Å². The molecule has 0 aliphatic rings. The van der Waals surface area contributed by atoms with Crippen LogP contribution < -0.4 is 5.43 Å². The van der Waals surface area contributed by atoms with E-state index in [2.05, 4.69) is 36.2 Å². The molecule has 0 heterocycles. The first-order chi connectivity index (χ1) is 4.27. The van der Waals surface area contributed by atoms with Gasteiger partial charge in [0.2, 0.25) is 0 Å². The maximum Gasteiger partial charge on any atom is 0.0341 e. The highest BCUT2D eigenvalue weighted by molar-refractivity contribution is 5.22. The topological polar surface area (TPSA) is 27.6 Å². The minimum Gasteiger partial charge on any atom is -0.311 e. The van der Waals surface area contributed by atoms with Crippen LogP contribution in [-0.4, -0.2) is 38.8 Å². The van der Waals surface area contributed by atoms with Crippen molar-refractivity contribution < 1.29 is 0 Å². The van der Waals surface area contributed by atoms with Gasteiger partial charge >= 0.3 is 0 Å². The molecule has 1 N–H and O–H groups in total. The van der Waals surface area contributed by atoms with Crippen LogP contribution in [-0.2, 0) is 0 Å². The molecule has 0 bridgehead atoms. The van der Waals surface area contributed by atoms with E-state index < -0.39 is 0 Å². The van der Waals surface area contributed by atoms with Crippen LogP contribution in [0.5, 0.6) is 0 Å². The van der Waals surface area contributed by atoms with Crippen molar-refractivity contribution in [3.8, 4) is 0 Å². The van der Waals surface area contributed by atoms with Crippen molar-refractivity contribution in [3.05, 3.63) is 0 Å². The number of nitrogens with zero attached hydrogens (tertiary/aromatic N) is 2. The monoisotopic (exact) mass is 129 g/mol. The van der Waals surface area contributed by atoms with Gasteiger partial charge in [-0.1, -0.05) is 0 Å². The summed E-state index contributed by atoms with van der Waals surface area (Å²) in [7, 11) is 4.11. The lowest BCUT2D eigenvalue weighted by atomic mass is 10.4. The largest absolute Gasteiger partial charge is 0.311 e. The Labute approximate surface area is 56.7 Å². The predicted molar refractivity (Wildman–Crippen MR) is 40.7 cm³/mol. The maximum atomic E-state index is 3.51. The Hall–Kier alpha value is -0.570. The first-order valence-electron chi connectivity index (χ1n) is 3.10. The fraction of sp³-hybridized carbons (Fsp3) is 0.833. The van der Waals surface area contributed by atoms with Crippen LogP contribution in [0.25, 0.3) is 0 Å². The summed E-state index contributed by atoms with van der Waals surface area (Å²) in [5.41, 5.74) is 2.79. The summed E-state index contributed by atoms with van der Waals surface area (Å²) in [6, 6.07) is 0. The molecule has 0 aliphatic carbocycles.